The molecule has 3 nitrogen and oxygen atoms in total. The van der Waals surface area contributed by atoms with E-state index in [1.165, 1.54) is 32.4 Å². The van der Waals surface area contributed by atoms with Crippen LogP contribution in [0.5, 0.6) is 0 Å². The van der Waals surface area contributed by atoms with Gasteiger partial charge in [-0.05, 0) is 32.1 Å². The van der Waals surface area contributed by atoms with Crippen molar-refractivity contribution in [3.63, 3.8) is 0 Å². The van der Waals surface area contributed by atoms with Crippen molar-refractivity contribution in [3.05, 3.63) is 0 Å². The minimum Gasteiger partial charge on any atom is -0.383 e. The van der Waals surface area contributed by atoms with Gasteiger partial charge in [0.05, 0.1) is 6.61 Å². The van der Waals surface area contributed by atoms with Gasteiger partial charge in [0.2, 0.25) is 0 Å². The van der Waals surface area contributed by atoms with E-state index in [2.05, 4.69) is 24.1 Å². The third kappa shape index (κ3) is 2.76. The Hall–Kier alpha value is -0.120. The highest BCUT2D eigenvalue weighted by atomic mass is 16.5. The number of hydrogen-bond acceptors (Lipinski definition) is 3. The van der Waals surface area contributed by atoms with Gasteiger partial charge in [-0.2, -0.15) is 0 Å². The number of methoxy groups -OCH3 is 1. The maximum atomic E-state index is 5.23. The Morgan fingerprint density at radius 1 is 1.44 bits per heavy atom. The zero-order valence-electron chi connectivity index (χ0n) is 11.0. The van der Waals surface area contributed by atoms with Crippen molar-refractivity contribution >= 4 is 0 Å². The average Bonchev–Trinajstić information content (AvgIpc) is 3.10. The molecule has 0 aromatic heterocycles. The van der Waals surface area contributed by atoms with Crippen molar-refractivity contribution in [2.45, 2.75) is 44.7 Å². The molecular formula is C13H26N2O. The number of rotatable bonds is 5. The Bertz CT molecular complexity index is 230. The normalized spacial score (nSPS) is 36.6. The number of ether oxygens (including phenoxy) is 1. The highest BCUT2D eigenvalue weighted by Crippen LogP contribution is 2.37. The molecule has 1 saturated heterocycles. The number of nitrogens with one attached hydrogen (secondary N) is 1. The van der Waals surface area contributed by atoms with Crippen molar-refractivity contribution in [2.75, 3.05) is 33.4 Å². The first-order valence-electron chi connectivity index (χ1n) is 6.66. The first-order valence-corrected chi connectivity index (χ1v) is 6.66. The second kappa shape index (κ2) is 5.03. The minimum atomic E-state index is 0.305. The third-order valence-corrected chi connectivity index (χ3v) is 4.29. The summed E-state index contributed by atoms with van der Waals surface area (Å²) in [5.41, 5.74) is 0.305. The fourth-order valence-corrected chi connectivity index (χ4v) is 2.74. The second-order valence-electron chi connectivity index (χ2n) is 5.66. The summed E-state index contributed by atoms with van der Waals surface area (Å²) < 4.78 is 5.23. The van der Waals surface area contributed by atoms with Crippen molar-refractivity contribution < 1.29 is 4.74 Å². The monoisotopic (exact) mass is 226 g/mol. The van der Waals surface area contributed by atoms with Crippen LogP contribution in [0, 0.1) is 5.92 Å². The Labute approximate surface area is 99.5 Å². The summed E-state index contributed by atoms with van der Waals surface area (Å²) in [6.45, 7) is 8.92. The molecule has 16 heavy (non-hydrogen) atoms. The van der Waals surface area contributed by atoms with Crippen LogP contribution in [-0.2, 0) is 4.74 Å². The lowest BCUT2D eigenvalue weighted by atomic mass is 9.92. The first kappa shape index (κ1) is 12.3. The second-order valence-corrected chi connectivity index (χ2v) is 5.66. The lowest BCUT2D eigenvalue weighted by molar-refractivity contribution is 0.0481. The molecule has 3 heteroatoms. The van der Waals surface area contributed by atoms with Gasteiger partial charge in [0.15, 0.2) is 0 Å². The molecule has 2 unspecified atom stereocenters. The molecule has 2 fully saturated rings. The Balaban J connectivity index is 1.94. The average molecular weight is 226 g/mol. The molecular weight excluding hydrogens is 200 g/mol. The van der Waals surface area contributed by atoms with Gasteiger partial charge in [-0.1, -0.05) is 6.92 Å². The topological polar surface area (TPSA) is 24.5 Å². The summed E-state index contributed by atoms with van der Waals surface area (Å²) in [6, 6.07) is 0.759. The van der Waals surface area contributed by atoms with Crippen LogP contribution in [0.4, 0.5) is 0 Å². The molecule has 0 aromatic carbocycles. The van der Waals surface area contributed by atoms with Gasteiger partial charge in [0.1, 0.15) is 0 Å². The Morgan fingerprint density at radius 2 is 2.19 bits per heavy atom. The predicted molar refractivity (Wildman–Crippen MR) is 66.7 cm³/mol. The summed E-state index contributed by atoms with van der Waals surface area (Å²) in [5, 5.41) is 3.74. The van der Waals surface area contributed by atoms with Crippen LogP contribution in [0.2, 0.25) is 0 Å². The van der Waals surface area contributed by atoms with E-state index in [1.54, 1.807) is 7.11 Å². The SMILES string of the molecule is CCC1(C)CN(CCOC)C(C2CC2)CN1. The van der Waals surface area contributed by atoms with Crippen molar-refractivity contribution in [3.8, 4) is 0 Å². The molecule has 0 bridgehead atoms. The zero-order valence-corrected chi connectivity index (χ0v) is 11.0. The number of hydrogen-bond donors (Lipinski definition) is 1. The highest BCUT2D eigenvalue weighted by molar-refractivity contribution is 4.99. The van der Waals surface area contributed by atoms with Gasteiger partial charge in [-0.3, -0.25) is 4.90 Å². The highest BCUT2D eigenvalue weighted by Gasteiger charge is 2.41. The lowest BCUT2D eigenvalue weighted by Gasteiger charge is -2.46. The van der Waals surface area contributed by atoms with E-state index < -0.39 is 0 Å². The molecule has 0 spiro atoms. The summed E-state index contributed by atoms with van der Waals surface area (Å²) in [4.78, 5) is 2.65. The molecule has 0 radical (unpaired) electrons. The van der Waals surface area contributed by atoms with Crippen molar-refractivity contribution in [1.82, 2.24) is 10.2 Å². The van der Waals surface area contributed by atoms with Crippen LogP contribution in [0.15, 0.2) is 0 Å². The molecule has 2 aliphatic rings. The molecule has 94 valence electrons. The Morgan fingerprint density at radius 3 is 2.75 bits per heavy atom. The molecule has 1 N–H and O–H groups in total. The van der Waals surface area contributed by atoms with E-state index in [9.17, 15) is 0 Å². The fraction of sp³-hybridized carbons (Fsp3) is 1.00. The number of piperazine rings is 1. The van der Waals surface area contributed by atoms with Crippen LogP contribution >= 0.6 is 0 Å². The molecule has 1 heterocycles. The molecule has 0 aromatic rings. The quantitative estimate of drug-likeness (QED) is 0.768. The summed E-state index contributed by atoms with van der Waals surface area (Å²) in [5.74, 6) is 0.950. The minimum absolute atomic E-state index is 0.305. The van der Waals surface area contributed by atoms with E-state index in [0.29, 0.717) is 5.54 Å². The summed E-state index contributed by atoms with van der Waals surface area (Å²) in [6.07, 6.45) is 4.06. The van der Waals surface area contributed by atoms with Crippen LogP contribution in [0.3, 0.4) is 0 Å². The smallest absolute Gasteiger partial charge is 0.0589 e. The van der Waals surface area contributed by atoms with Crippen molar-refractivity contribution in [2.24, 2.45) is 5.92 Å². The summed E-state index contributed by atoms with van der Waals surface area (Å²) >= 11 is 0. The van der Waals surface area contributed by atoms with Crippen LogP contribution < -0.4 is 5.32 Å². The fourth-order valence-electron chi connectivity index (χ4n) is 2.74. The molecule has 1 saturated carbocycles. The van der Waals surface area contributed by atoms with Gasteiger partial charge in [0.25, 0.3) is 0 Å². The predicted octanol–water partition coefficient (Wildman–Crippen LogP) is 1.49. The van der Waals surface area contributed by atoms with Crippen molar-refractivity contribution in [1.29, 1.82) is 0 Å². The number of nitrogens with zero attached hydrogens (tertiary/aromatic N) is 1. The zero-order chi connectivity index (χ0) is 11.6. The summed E-state index contributed by atoms with van der Waals surface area (Å²) in [7, 11) is 1.80. The van der Waals surface area contributed by atoms with E-state index >= 15 is 0 Å². The standard InChI is InChI=1S/C13H26N2O/c1-4-13(2)10-15(7-8-16-3)12(9-14-13)11-5-6-11/h11-12,14H,4-10H2,1-3H3. The van der Waals surface area contributed by atoms with Gasteiger partial charge < -0.3 is 10.1 Å². The largest absolute Gasteiger partial charge is 0.383 e. The van der Waals surface area contributed by atoms with E-state index in [0.717, 1.165) is 25.1 Å². The Kier molecular flexibility index (Phi) is 3.88. The maximum absolute atomic E-state index is 5.23. The van der Waals surface area contributed by atoms with Gasteiger partial charge in [-0.25, -0.2) is 0 Å². The molecule has 2 atom stereocenters. The maximum Gasteiger partial charge on any atom is 0.0589 e. The van der Waals surface area contributed by atoms with Crippen LogP contribution in [0.1, 0.15) is 33.1 Å². The van der Waals surface area contributed by atoms with E-state index in [-0.39, 0.29) is 0 Å². The van der Waals surface area contributed by atoms with E-state index in [4.69, 9.17) is 4.74 Å². The van der Waals surface area contributed by atoms with Gasteiger partial charge >= 0.3 is 0 Å². The first-order chi connectivity index (χ1) is 7.68. The van der Waals surface area contributed by atoms with Gasteiger partial charge in [0, 0.05) is 38.3 Å². The third-order valence-electron chi connectivity index (χ3n) is 4.29. The van der Waals surface area contributed by atoms with Gasteiger partial charge in [-0.15, -0.1) is 0 Å². The van der Waals surface area contributed by atoms with Crippen LogP contribution in [-0.4, -0.2) is 49.8 Å². The molecule has 1 aliphatic heterocycles. The molecule has 2 rings (SSSR count). The lowest BCUT2D eigenvalue weighted by Crippen LogP contribution is -2.63. The van der Waals surface area contributed by atoms with E-state index in [1.807, 2.05) is 0 Å². The molecule has 0 amide bonds. The van der Waals surface area contributed by atoms with Crippen LogP contribution in [0.25, 0.3) is 0 Å². The molecule has 1 aliphatic carbocycles.